The van der Waals surface area contributed by atoms with Crippen molar-refractivity contribution in [2.45, 2.75) is 17.4 Å². The standard InChI is InChI=1S/C23H18BrN3O2S/c1-15-7-13-19(14-8-15)25-21(28)20(16-5-3-2-4-6-16)30-23-27-26-22(29-23)17-9-11-18(24)12-10-17/h2-14,20H,1H3,(H,25,28). The molecule has 0 aliphatic heterocycles. The van der Waals surface area contributed by atoms with E-state index in [0.717, 1.165) is 26.9 Å². The lowest BCUT2D eigenvalue weighted by atomic mass is 10.1. The molecule has 0 fully saturated rings. The summed E-state index contributed by atoms with van der Waals surface area (Å²) >= 11 is 4.64. The van der Waals surface area contributed by atoms with E-state index in [9.17, 15) is 4.79 Å². The molecule has 30 heavy (non-hydrogen) atoms. The topological polar surface area (TPSA) is 68.0 Å². The maximum Gasteiger partial charge on any atom is 0.277 e. The van der Waals surface area contributed by atoms with Crippen molar-refractivity contribution in [1.82, 2.24) is 10.2 Å². The van der Waals surface area contributed by atoms with E-state index in [1.807, 2.05) is 85.8 Å². The molecule has 1 unspecified atom stereocenters. The van der Waals surface area contributed by atoms with Crippen molar-refractivity contribution >= 4 is 39.3 Å². The minimum atomic E-state index is -0.536. The Balaban J connectivity index is 1.57. The van der Waals surface area contributed by atoms with Gasteiger partial charge >= 0.3 is 0 Å². The number of amides is 1. The lowest BCUT2D eigenvalue weighted by molar-refractivity contribution is -0.115. The molecule has 1 aromatic heterocycles. The van der Waals surface area contributed by atoms with Crippen LogP contribution in [-0.2, 0) is 4.79 Å². The molecule has 0 aliphatic rings. The summed E-state index contributed by atoms with van der Waals surface area (Å²) in [5, 5.41) is 11.0. The number of anilines is 1. The van der Waals surface area contributed by atoms with Crippen LogP contribution < -0.4 is 5.32 Å². The Bertz CT molecular complexity index is 1130. The number of carbonyl (C=O) groups excluding carboxylic acids is 1. The fourth-order valence-electron chi connectivity index (χ4n) is 2.81. The molecular weight excluding hydrogens is 462 g/mol. The zero-order chi connectivity index (χ0) is 20.9. The average Bonchev–Trinajstić information content (AvgIpc) is 3.23. The highest BCUT2D eigenvalue weighted by molar-refractivity contribution is 9.10. The number of hydrogen-bond acceptors (Lipinski definition) is 5. The first kappa shape index (κ1) is 20.4. The van der Waals surface area contributed by atoms with E-state index < -0.39 is 5.25 Å². The summed E-state index contributed by atoms with van der Waals surface area (Å²) in [5.74, 6) is 0.259. The lowest BCUT2D eigenvalue weighted by Crippen LogP contribution is -2.19. The fourth-order valence-corrected chi connectivity index (χ4v) is 3.95. The van der Waals surface area contributed by atoms with Crippen molar-refractivity contribution in [1.29, 1.82) is 0 Å². The van der Waals surface area contributed by atoms with E-state index in [-0.39, 0.29) is 5.91 Å². The quantitative estimate of drug-likeness (QED) is 0.329. The fraction of sp³-hybridized carbons (Fsp3) is 0.0870. The molecule has 0 saturated carbocycles. The molecule has 0 radical (unpaired) electrons. The molecule has 3 aromatic carbocycles. The second kappa shape index (κ2) is 9.28. The van der Waals surface area contributed by atoms with E-state index in [1.165, 1.54) is 11.8 Å². The molecule has 1 amide bonds. The maximum absolute atomic E-state index is 13.1. The van der Waals surface area contributed by atoms with Crippen molar-refractivity contribution in [2.24, 2.45) is 0 Å². The molecule has 4 rings (SSSR count). The van der Waals surface area contributed by atoms with Gasteiger partial charge in [0.05, 0.1) is 0 Å². The van der Waals surface area contributed by atoms with E-state index in [2.05, 4.69) is 31.4 Å². The Morgan fingerprint density at radius 3 is 2.37 bits per heavy atom. The van der Waals surface area contributed by atoms with Gasteiger partial charge in [0.1, 0.15) is 5.25 Å². The van der Waals surface area contributed by atoms with E-state index in [4.69, 9.17) is 4.42 Å². The van der Waals surface area contributed by atoms with Gasteiger partial charge in [-0.2, -0.15) is 0 Å². The number of thioether (sulfide) groups is 1. The average molecular weight is 480 g/mol. The van der Waals surface area contributed by atoms with Gasteiger partial charge in [0.25, 0.3) is 5.22 Å². The monoisotopic (exact) mass is 479 g/mol. The van der Waals surface area contributed by atoms with Crippen LogP contribution in [0.1, 0.15) is 16.4 Å². The zero-order valence-corrected chi connectivity index (χ0v) is 18.5. The third kappa shape index (κ3) is 4.98. The predicted molar refractivity (Wildman–Crippen MR) is 122 cm³/mol. The number of hydrogen-bond donors (Lipinski definition) is 1. The van der Waals surface area contributed by atoms with Gasteiger partial charge in [0.2, 0.25) is 11.8 Å². The predicted octanol–water partition coefficient (Wildman–Crippen LogP) is 6.28. The molecule has 1 N–H and O–H groups in total. The molecule has 0 aliphatic carbocycles. The molecule has 5 nitrogen and oxygen atoms in total. The van der Waals surface area contributed by atoms with Crippen LogP contribution in [0.2, 0.25) is 0 Å². The van der Waals surface area contributed by atoms with Crippen molar-refractivity contribution in [3.05, 3.63) is 94.5 Å². The van der Waals surface area contributed by atoms with E-state index in [1.54, 1.807) is 0 Å². The zero-order valence-electron chi connectivity index (χ0n) is 16.1. The largest absolute Gasteiger partial charge is 0.411 e. The molecule has 0 spiro atoms. The van der Waals surface area contributed by atoms with Crippen LogP contribution in [0.3, 0.4) is 0 Å². The highest BCUT2D eigenvalue weighted by Crippen LogP contribution is 2.36. The second-order valence-electron chi connectivity index (χ2n) is 6.64. The molecule has 0 bridgehead atoms. The van der Waals surface area contributed by atoms with Gasteiger partial charge in [-0.15, -0.1) is 10.2 Å². The normalized spacial score (nSPS) is 11.8. The maximum atomic E-state index is 13.1. The van der Waals surface area contributed by atoms with Crippen LogP contribution in [-0.4, -0.2) is 16.1 Å². The Labute approximate surface area is 187 Å². The summed E-state index contributed by atoms with van der Waals surface area (Å²) in [6.07, 6.45) is 0. The first-order valence-corrected chi connectivity index (χ1v) is 10.9. The van der Waals surface area contributed by atoms with Crippen LogP contribution in [0, 0.1) is 6.92 Å². The minimum Gasteiger partial charge on any atom is -0.411 e. The van der Waals surface area contributed by atoms with E-state index in [0.29, 0.717) is 11.1 Å². The van der Waals surface area contributed by atoms with Gasteiger partial charge in [0, 0.05) is 15.7 Å². The van der Waals surface area contributed by atoms with Crippen LogP contribution in [0.15, 0.2) is 93.0 Å². The first-order chi connectivity index (χ1) is 14.6. The molecule has 1 atom stereocenters. The number of nitrogens with zero attached hydrogens (tertiary/aromatic N) is 2. The molecule has 150 valence electrons. The van der Waals surface area contributed by atoms with Gasteiger partial charge in [-0.05, 0) is 60.6 Å². The number of benzene rings is 3. The van der Waals surface area contributed by atoms with Crippen molar-refractivity contribution in [3.63, 3.8) is 0 Å². The number of carbonyl (C=O) groups is 1. The SMILES string of the molecule is Cc1ccc(NC(=O)C(Sc2nnc(-c3ccc(Br)cc3)o2)c2ccccc2)cc1. The third-order valence-electron chi connectivity index (χ3n) is 4.38. The highest BCUT2D eigenvalue weighted by atomic mass is 79.9. The van der Waals surface area contributed by atoms with Crippen LogP contribution in [0.4, 0.5) is 5.69 Å². The van der Waals surface area contributed by atoms with Gasteiger partial charge in [-0.3, -0.25) is 4.79 Å². The number of rotatable bonds is 6. The number of aromatic nitrogens is 2. The molecule has 7 heteroatoms. The first-order valence-electron chi connectivity index (χ1n) is 9.27. The van der Waals surface area contributed by atoms with Gasteiger partial charge in [-0.1, -0.05) is 64.0 Å². The number of aryl methyl sites for hydroxylation is 1. The number of nitrogens with one attached hydrogen (secondary N) is 1. The van der Waals surface area contributed by atoms with Gasteiger partial charge in [0.15, 0.2) is 0 Å². The van der Waals surface area contributed by atoms with Crippen LogP contribution >= 0.6 is 27.7 Å². The van der Waals surface area contributed by atoms with Crippen molar-refractivity contribution in [2.75, 3.05) is 5.32 Å². The summed E-state index contributed by atoms with van der Waals surface area (Å²) in [7, 11) is 0. The third-order valence-corrected chi connectivity index (χ3v) is 5.99. The Hall–Kier alpha value is -2.90. The lowest BCUT2D eigenvalue weighted by Gasteiger charge is -2.15. The van der Waals surface area contributed by atoms with Gasteiger partial charge in [-0.25, -0.2) is 0 Å². The second-order valence-corrected chi connectivity index (χ2v) is 8.62. The van der Waals surface area contributed by atoms with Crippen molar-refractivity contribution in [3.8, 4) is 11.5 Å². The summed E-state index contributed by atoms with van der Waals surface area (Å²) in [6.45, 7) is 2.01. The van der Waals surface area contributed by atoms with Crippen molar-refractivity contribution < 1.29 is 9.21 Å². The van der Waals surface area contributed by atoms with E-state index >= 15 is 0 Å². The Kier molecular flexibility index (Phi) is 6.30. The highest BCUT2D eigenvalue weighted by Gasteiger charge is 2.25. The summed E-state index contributed by atoms with van der Waals surface area (Å²) < 4.78 is 6.79. The summed E-state index contributed by atoms with van der Waals surface area (Å²) in [5.41, 5.74) is 3.55. The Morgan fingerprint density at radius 1 is 0.967 bits per heavy atom. The number of halogens is 1. The molecule has 0 saturated heterocycles. The summed E-state index contributed by atoms with van der Waals surface area (Å²) in [6, 6.07) is 24.9. The molecule has 4 aromatic rings. The van der Waals surface area contributed by atoms with Crippen LogP contribution in [0.5, 0.6) is 0 Å². The summed E-state index contributed by atoms with van der Waals surface area (Å²) in [4.78, 5) is 13.1. The van der Waals surface area contributed by atoms with Crippen LogP contribution in [0.25, 0.3) is 11.5 Å². The molecule has 1 heterocycles. The molecular formula is C23H18BrN3O2S. The van der Waals surface area contributed by atoms with Gasteiger partial charge < -0.3 is 9.73 Å². The minimum absolute atomic E-state index is 0.154. The smallest absolute Gasteiger partial charge is 0.277 e. The Morgan fingerprint density at radius 2 is 1.67 bits per heavy atom.